The van der Waals surface area contributed by atoms with Crippen LogP contribution in [0.5, 0.6) is 5.75 Å². The average molecular weight is 482 g/mol. The van der Waals surface area contributed by atoms with Gasteiger partial charge in [0.25, 0.3) is 0 Å². The number of benzene rings is 2. The van der Waals surface area contributed by atoms with Gasteiger partial charge in [-0.3, -0.25) is 9.78 Å². The van der Waals surface area contributed by atoms with E-state index in [9.17, 15) is 4.79 Å². The minimum absolute atomic E-state index is 0.0510. The third-order valence-electron chi connectivity index (χ3n) is 5.70. The number of rotatable bonds is 10. The lowest BCUT2D eigenvalue weighted by atomic mass is 9.91. The Labute approximate surface area is 208 Å². The van der Waals surface area contributed by atoms with Gasteiger partial charge in [-0.15, -0.1) is 0 Å². The van der Waals surface area contributed by atoms with Crippen LogP contribution in [0.2, 0.25) is 5.02 Å². The maximum Gasteiger partial charge on any atom is 0.223 e. The lowest BCUT2D eigenvalue weighted by molar-refractivity contribution is -0.133. The fraction of sp³-hybridized carbons (Fsp3) is 0.429. The van der Waals surface area contributed by atoms with E-state index in [4.69, 9.17) is 16.3 Å². The summed E-state index contributed by atoms with van der Waals surface area (Å²) in [4.78, 5) is 19.6. The Morgan fingerprint density at radius 3 is 2.59 bits per heavy atom. The number of methoxy groups -OCH3 is 1. The van der Waals surface area contributed by atoms with Crippen LogP contribution in [0.4, 0.5) is 5.69 Å². The molecule has 0 saturated heterocycles. The molecule has 1 unspecified atom stereocenters. The van der Waals surface area contributed by atoms with Crippen LogP contribution < -0.4 is 10.1 Å². The van der Waals surface area contributed by atoms with Gasteiger partial charge >= 0.3 is 0 Å². The molecular weight excluding hydrogens is 446 g/mol. The molecule has 34 heavy (non-hydrogen) atoms. The summed E-state index contributed by atoms with van der Waals surface area (Å²) < 4.78 is 5.47. The second-order valence-corrected chi connectivity index (χ2v) is 10.6. The molecule has 5 nitrogen and oxygen atoms in total. The highest BCUT2D eigenvalue weighted by atomic mass is 35.5. The van der Waals surface area contributed by atoms with E-state index < -0.39 is 0 Å². The first-order valence-corrected chi connectivity index (χ1v) is 12.2. The summed E-state index contributed by atoms with van der Waals surface area (Å²) in [6.45, 7) is 9.77. The number of hydrogen-bond donors (Lipinski definition) is 1. The van der Waals surface area contributed by atoms with Gasteiger partial charge in [-0.25, -0.2) is 0 Å². The average Bonchev–Trinajstić information content (AvgIpc) is 2.78. The number of carbonyl (C=O) groups excluding carboxylic acids is 1. The van der Waals surface area contributed by atoms with Crippen LogP contribution in [0.1, 0.15) is 52.5 Å². The fourth-order valence-electron chi connectivity index (χ4n) is 3.99. The summed E-state index contributed by atoms with van der Waals surface area (Å²) in [5, 5.41) is 5.34. The minimum atomic E-state index is -0.0510. The number of carbonyl (C=O) groups is 1. The Balaban J connectivity index is 1.64. The van der Waals surface area contributed by atoms with E-state index in [1.54, 1.807) is 13.3 Å². The highest BCUT2D eigenvalue weighted by Crippen LogP contribution is 2.28. The van der Waals surface area contributed by atoms with Gasteiger partial charge in [-0.1, -0.05) is 50.6 Å². The van der Waals surface area contributed by atoms with Gasteiger partial charge in [0, 0.05) is 48.2 Å². The summed E-state index contributed by atoms with van der Waals surface area (Å²) in [7, 11) is 1.68. The number of halogens is 1. The Morgan fingerprint density at radius 1 is 1.18 bits per heavy atom. The van der Waals surface area contributed by atoms with Gasteiger partial charge in [0.1, 0.15) is 5.75 Å². The van der Waals surface area contributed by atoms with Crippen LogP contribution in [0.25, 0.3) is 10.9 Å². The van der Waals surface area contributed by atoms with Crippen LogP contribution in [-0.2, 0) is 11.3 Å². The number of nitrogens with one attached hydrogen (secondary N) is 1. The fourth-order valence-corrected chi connectivity index (χ4v) is 4.11. The molecule has 0 spiro atoms. The van der Waals surface area contributed by atoms with Crippen molar-refractivity contribution in [3.63, 3.8) is 0 Å². The Kier molecular flexibility index (Phi) is 8.78. The van der Waals surface area contributed by atoms with Crippen molar-refractivity contribution in [2.45, 2.75) is 59.5 Å². The molecule has 6 heteroatoms. The van der Waals surface area contributed by atoms with E-state index in [2.05, 4.69) is 38.0 Å². The van der Waals surface area contributed by atoms with Crippen molar-refractivity contribution in [1.29, 1.82) is 0 Å². The summed E-state index contributed by atoms with van der Waals surface area (Å²) in [5.41, 5.74) is 2.93. The summed E-state index contributed by atoms with van der Waals surface area (Å²) >= 11 is 6.04. The zero-order chi connectivity index (χ0) is 24.7. The smallest absolute Gasteiger partial charge is 0.223 e. The number of pyridine rings is 1. The third-order valence-corrected chi connectivity index (χ3v) is 5.95. The number of hydrogen-bond acceptors (Lipinski definition) is 4. The van der Waals surface area contributed by atoms with Crippen LogP contribution >= 0.6 is 11.6 Å². The lowest BCUT2D eigenvalue weighted by Gasteiger charge is -2.27. The largest absolute Gasteiger partial charge is 0.497 e. The number of anilines is 1. The molecule has 0 radical (unpaired) electrons. The molecule has 1 heterocycles. The predicted octanol–water partition coefficient (Wildman–Crippen LogP) is 6.94. The first kappa shape index (κ1) is 25.8. The molecule has 1 N–H and O–H groups in total. The third kappa shape index (κ3) is 7.63. The van der Waals surface area contributed by atoms with E-state index in [0.29, 0.717) is 24.5 Å². The highest BCUT2D eigenvalue weighted by molar-refractivity contribution is 6.30. The van der Waals surface area contributed by atoms with Crippen molar-refractivity contribution in [2.24, 2.45) is 5.41 Å². The van der Waals surface area contributed by atoms with Crippen LogP contribution in [0.3, 0.4) is 0 Å². The molecule has 1 atom stereocenters. The number of fused-ring (bicyclic) bond motifs is 1. The van der Waals surface area contributed by atoms with Crippen molar-refractivity contribution in [2.75, 3.05) is 19.0 Å². The summed E-state index contributed by atoms with van der Waals surface area (Å²) in [5.74, 6) is 0.989. The standard InChI is InChI=1S/C28H36ClN3O2/c1-20(31-25-17-24(34-5)16-22-9-6-14-30-27(22)25)8-7-15-32(26(33)18-28(2,3)4)19-21-10-12-23(29)13-11-21/h6,9-14,16-17,20,31H,7-8,15,18-19H2,1-5H3. The lowest BCUT2D eigenvalue weighted by Crippen LogP contribution is -2.34. The van der Waals surface area contributed by atoms with Crippen LogP contribution in [0, 0.1) is 5.41 Å². The van der Waals surface area contributed by atoms with Crippen LogP contribution in [-0.4, -0.2) is 35.5 Å². The molecule has 0 aliphatic carbocycles. The predicted molar refractivity (Wildman–Crippen MR) is 142 cm³/mol. The van der Waals surface area contributed by atoms with Crippen molar-refractivity contribution < 1.29 is 9.53 Å². The minimum Gasteiger partial charge on any atom is -0.497 e. The van der Waals surface area contributed by atoms with E-state index >= 15 is 0 Å². The molecule has 0 aliphatic rings. The summed E-state index contributed by atoms with van der Waals surface area (Å²) in [6.07, 6.45) is 4.15. The summed E-state index contributed by atoms with van der Waals surface area (Å²) in [6, 6.07) is 15.9. The molecular formula is C28H36ClN3O2. The van der Waals surface area contributed by atoms with Gasteiger partial charge in [-0.2, -0.15) is 0 Å². The quantitative estimate of drug-likeness (QED) is 0.340. The van der Waals surface area contributed by atoms with E-state index in [-0.39, 0.29) is 17.4 Å². The maximum absolute atomic E-state index is 13.1. The number of amides is 1. The molecule has 3 rings (SSSR count). The molecule has 2 aromatic carbocycles. The van der Waals surface area contributed by atoms with Gasteiger partial charge in [-0.05, 0) is 55.0 Å². The van der Waals surface area contributed by atoms with Gasteiger partial charge < -0.3 is 15.0 Å². The molecule has 0 bridgehead atoms. The second-order valence-electron chi connectivity index (χ2n) is 10.1. The molecule has 0 saturated carbocycles. The molecule has 0 aliphatic heterocycles. The van der Waals surface area contributed by atoms with Gasteiger partial charge in [0.05, 0.1) is 18.3 Å². The molecule has 0 fully saturated rings. The van der Waals surface area contributed by atoms with Crippen molar-refractivity contribution >= 4 is 34.1 Å². The number of ether oxygens (including phenoxy) is 1. The van der Waals surface area contributed by atoms with E-state index in [1.807, 2.05) is 53.4 Å². The molecule has 182 valence electrons. The Hall–Kier alpha value is -2.79. The van der Waals surface area contributed by atoms with E-state index in [0.717, 1.165) is 40.7 Å². The molecule has 1 aromatic heterocycles. The second kappa shape index (κ2) is 11.6. The first-order chi connectivity index (χ1) is 16.1. The van der Waals surface area contributed by atoms with Gasteiger partial charge in [0.2, 0.25) is 5.91 Å². The van der Waals surface area contributed by atoms with Crippen molar-refractivity contribution in [1.82, 2.24) is 9.88 Å². The SMILES string of the molecule is COc1cc(NC(C)CCCN(Cc2ccc(Cl)cc2)C(=O)CC(C)(C)C)c2ncccc2c1. The zero-order valence-corrected chi connectivity index (χ0v) is 21.7. The molecule has 3 aromatic rings. The first-order valence-electron chi connectivity index (χ1n) is 11.9. The van der Waals surface area contributed by atoms with Gasteiger partial charge in [0.15, 0.2) is 0 Å². The maximum atomic E-state index is 13.1. The monoisotopic (exact) mass is 481 g/mol. The molecule has 1 amide bonds. The topological polar surface area (TPSA) is 54.5 Å². The van der Waals surface area contributed by atoms with Crippen molar-refractivity contribution in [3.05, 3.63) is 65.3 Å². The Morgan fingerprint density at radius 2 is 1.91 bits per heavy atom. The van der Waals surface area contributed by atoms with E-state index in [1.165, 1.54) is 0 Å². The number of nitrogens with zero attached hydrogens (tertiary/aromatic N) is 2. The Bertz CT molecular complexity index is 1090. The van der Waals surface area contributed by atoms with Crippen LogP contribution in [0.15, 0.2) is 54.7 Å². The highest BCUT2D eigenvalue weighted by Gasteiger charge is 2.21. The normalized spacial score (nSPS) is 12.4. The van der Waals surface area contributed by atoms with Crippen molar-refractivity contribution in [3.8, 4) is 5.75 Å². The number of aromatic nitrogens is 1. The zero-order valence-electron chi connectivity index (χ0n) is 20.9.